The lowest BCUT2D eigenvalue weighted by Gasteiger charge is -2.29. The summed E-state index contributed by atoms with van der Waals surface area (Å²) in [7, 11) is 0. The number of aryl methyl sites for hydroxylation is 2. The van der Waals surface area contributed by atoms with Gasteiger partial charge in [0.1, 0.15) is 13.2 Å². The van der Waals surface area contributed by atoms with Crippen molar-refractivity contribution in [1.82, 2.24) is 9.88 Å². The molecule has 29 heavy (non-hydrogen) atoms. The molecule has 1 spiro atoms. The number of pyridine rings is 1. The molecule has 5 rings (SSSR count). The third-order valence-electron chi connectivity index (χ3n) is 6.93. The summed E-state index contributed by atoms with van der Waals surface area (Å²) in [4.78, 5) is 9.76. The van der Waals surface area contributed by atoms with Gasteiger partial charge in [-0.25, -0.2) is 0 Å². The van der Waals surface area contributed by atoms with E-state index in [9.17, 15) is 0 Å². The van der Waals surface area contributed by atoms with Gasteiger partial charge in [-0.15, -0.1) is 0 Å². The number of rotatable bonds is 3. The van der Waals surface area contributed by atoms with Crippen LogP contribution < -0.4 is 14.4 Å². The van der Waals surface area contributed by atoms with E-state index in [1.165, 1.54) is 30.6 Å². The van der Waals surface area contributed by atoms with Gasteiger partial charge in [0.05, 0.1) is 0 Å². The highest BCUT2D eigenvalue weighted by atomic mass is 16.6. The van der Waals surface area contributed by atoms with E-state index in [2.05, 4.69) is 65.9 Å². The number of nitrogens with zero attached hydrogens (tertiary/aromatic N) is 3. The predicted molar refractivity (Wildman–Crippen MR) is 115 cm³/mol. The molecule has 5 nitrogen and oxygen atoms in total. The molecule has 5 heteroatoms. The molecule has 2 unspecified atom stereocenters. The minimum Gasteiger partial charge on any atom is -0.486 e. The third-order valence-corrected chi connectivity index (χ3v) is 6.93. The summed E-state index contributed by atoms with van der Waals surface area (Å²) in [5.74, 6) is 1.77. The van der Waals surface area contributed by atoms with Crippen LogP contribution in [0.1, 0.15) is 42.8 Å². The molecule has 154 valence electrons. The Balaban J connectivity index is 1.28. The van der Waals surface area contributed by atoms with E-state index in [4.69, 9.17) is 9.47 Å². The van der Waals surface area contributed by atoms with Crippen LogP contribution in [-0.4, -0.2) is 49.3 Å². The van der Waals surface area contributed by atoms with E-state index in [0.717, 1.165) is 42.5 Å². The summed E-state index contributed by atoms with van der Waals surface area (Å²) < 4.78 is 11.5. The zero-order valence-corrected chi connectivity index (χ0v) is 17.8. The first kappa shape index (κ1) is 18.7. The number of ether oxygens (including phenoxy) is 2. The second kappa shape index (κ2) is 7.21. The Bertz CT molecular complexity index is 895. The molecule has 0 radical (unpaired) electrons. The van der Waals surface area contributed by atoms with E-state index in [-0.39, 0.29) is 0 Å². The van der Waals surface area contributed by atoms with Crippen LogP contribution in [0.4, 0.5) is 5.69 Å². The minimum absolute atomic E-state index is 0.393. The Morgan fingerprint density at radius 2 is 1.66 bits per heavy atom. The second-order valence-electron chi connectivity index (χ2n) is 9.08. The zero-order chi connectivity index (χ0) is 20.0. The van der Waals surface area contributed by atoms with Crippen molar-refractivity contribution < 1.29 is 9.47 Å². The SMILES string of the molecule is Cc1cc(N2CCC3(CCN(C(C)c4ccc5c(c4)OCCO5)C3)C2)cc(C)n1. The number of hydrogen-bond acceptors (Lipinski definition) is 5. The van der Waals surface area contributed by atoms with Crippen LogP contribution in [-0.2, 0) is 0 Å². The van der Waals surface area contributed by atoms with Gasteiger partial charge in [0.2, 0.25) is 0 Å². The fraction of sp³-hybridized carbons (Fsp3) is 0.542. The van der Waals surface area contributed by atoms with Crippen LogP contribution in [0.2, 0.25) is 0 Å². The van der Waals surface area contributed by atoms with Crippen LogP contribution in [0.25, 0.3) is 0 Å². The normalized spacial score (nSPS) is 25.0. The molecule has 3 aliphatic heterocycles. The van der Waals surface area contributed by atoms with Gasteiger partial charge >= 0.3 is 0 Å². The molecule has 2 aromatic rings. The average molecular weight is 394 g/mol. The molecule has 0 amide bonds. The van der Waals surface area contributed by atoms with Crippen molar-refractivity contribution in [1.29, 1.82) is 0 Å². The van der Waals surface area contributed by atoms with Crippen LogP contribution >= 0.6 is 0 Å². The number of anilines is 1. The fourth-order valence-corrected chi connectivity index (χ4v) is 5.31. The van der Waals surface area contributed by atoms with E-state index < -0.39 is 0 Å². The summed E-state index contributed by atoms with van der Waals surface area (Å²) in [5, 5.41) is 0. The van der Waals surface area contributed by atoms with Crippen LogP contribution in [0.15, 0.2) is 30.3 Å². The smallest absolute Gasteiger partial charge is 0.161 e. The number of fused-ring (bicyclic) bond motifs is 1. The summed E-state index contributed by atoms with van der Waals surface area (Å²) >= 11 is 0. The van der Waals surface area contributed by atoms with Gasteiger partial charge in [-0.3, -0.25) is 9.88 Å². The van der Waals surface area contributed by atoms with Crippen LogP contribution in [0.5, 0.6) is 11.5 Å². The number of benzene rings is 1. The Morgan fingerprint density at radius 1 is 0.931 bits per heavy atom. The maximum Gasteiger partial charge on any atom is 0.161 e. The lowest BCUT2D eigenvalue weighted by Crippen LogP contribution is -2.32. The van der Waals surface area contributed by atoms with E-state index in [0.29, 0.717) is 24.7 Å². The molecule has 3 aliphatic rings. The molecule has 2 saturated heterocycles. The maximum absolute atomic E-state index is 5.80. The average Bonchev–Trinajstić information content (AvgIpc) is 3.33. The molecule has 0 saturated carbocycles. The summed E-state index contributed by atoms with van der Waals surface area (Å²) in [6.45, 7) is 12.4. The predicted octanol–water partition coefficient (Wildman–Crippen LogP) is 4.13. The van der Waals surface area contributed by atoms with Gasteiger partial charge in [0.15, 0.2) is 11.5 Å². The lowest BCUT2D eigenvalue weighted by atomic mass is 9.86. The number of hydrogen-bond donors (Lipinski definition) is 0. The molecular weight excluding hydrogens is 362 g/mol. The molecule has 0 aliphatic carbocycles. The molecular formula is C24H31N3O2. The van der Waals surface area contributed by atoms with Gasteiger partial charge in [-0.1, -0.05) is 6.07 Å². The first-order valence-electron chi connectivity index (χ1n) is 10.9. The van der Waals surface area contributed by atoms with Gasteiger partial charge in [-0.05, 0) is 70.0 Å². The molecule has 4 heterocycles. The molecule has 2 fully saturated rings. The van der Waals surface area contributed by atoms with Gasteiger partial charge in [0, 0.05) is 48.2 Å². The lowest BCUT2D eigenvalue weighted by molar-refractivity contribution is 0.170. The summed E-state index contributed by atoms with van der Waals surface area (Å²) in [5.41, 5.74) is 5.29. The molecule has 1 aromatic heterocycles. The second-order valence-corrected chi connectivity index (χ2v) is 9.08. The molecule has 0 N–H and O–H groups in total. The quantitative estimate of drug-likeness (QED) is 0.784. The van der Waals surface area contributed by atoms with Gasteiger partial charge in [-0.2, -0.15) is 0 Å². The van der Waals surface area contributed by atoms with Crippen molar-refractivity contribution in [3.8, 4) is 11.5 Å². The zero-order valence-electron chi connectivity index (χ0n) is 17.8. The summed E-state index contributed by atoms with van der Waals surface area (Å²) in [6, 6.07) is 11.3. The van der Waals surface area contributed by atoms with Crippen molar-refractivity contribution in [2.75, 3.05) is 44.3 Å². The van der Waals surface area contributed by atoms with Crippen molar-refractivity contribution in [2.45, 2.75) is 39.7 Å². The highest BCUT2D eigenvalue weighted by Crippen LogP contribution is 2.44. The van der Waals surface area contributed by atoms with Crippen molar-refractivity contribution in [3.05, 3.63) is 47.3 Å². The highest BCUT2D eigenvalue weighted by Gasteiger charge is 2.44. The van der Waals surface area contributed by atoms with E-state index in [1.807, 2.05) is 0 Å². The summed E-state index contributed by atoms with van der Waals surface area (Å²) in [6.07, 6.45) is 2.55. The Labute approximate surface area is 173 Å². The monoisotopic (exact) mass is 393 g/mol. The van der Waals surface area contributed by atoms with E-state index in [1.54, 1.807) is 0 Å². The fourth-order valence-electron chi connectivity index (χ4n) is 5.31. The minimum atomic E-state index is 0.393. The first-order valence-corrected chi connectivity index (χ1v) is 10.9. The van der Waals surface area contributed by atoms with Crippen molar-refractivity contribution >= 4 is 5.69 Å². The largest absolute Gasteiger partial charge is 0.486 e. The Kier molecular flexibility index (Phi) is 4.66. The van der Waals surface area contributed by atoms with E-state index >= 15 is 0 Å². The van der Waals surface area contributed by atoms with Crippen molar-refractivity contribution in [2.24, 2.45) is 5.41 Å². The molecule has 0 bridgehead atoms. The molecule has 2 atom stereocenters. The number of likely N-dealkylation sites (tertiary alicyclic amines) is 1. The van der Waals surface area contributed by atoms with Crippen LogP contribution in [0.3, 0.4) is 0 Å². The third kappa shape index (κ3) is 3.57. The topological polar surface area (TPSA) is 37.8 Å². The van der Waals surface area contributed by atoms with Gasteiger partial charge in [0.25, 0.3) is 0 Å². The van der Waals surface area contributed by atoms with Gasteiger partial charge < -0.3 is 14.4 Å². The molecule has 1 aromatic carbocycles. The standard InChI is InChI=1S/C24H31N3O2/c1-17-12-21(13-18(2)25-17)27-9-7-24(16-27)6-8-26(15-24)19(3)20-4-5-22-23(14-20)29-11-10-28-22/h4-5,12-14,19H,6-11,15-16H2,1-3H3. The maximum atomic E-state index is 5.80. The van der Waals surface area contributed by atoms with Crippen LogP contribution in [0, 0.1) is 19.3 Å². The highest BCUT2D eigenvalue weighted by molar-refractivity contribution is 5.50. The Morgan fingerprint density at radius 3 is 2.45 bits per heavy atom. The first-order chi connectivity index (χ1) is 14.0. The number of aromatic nitrogens is 1. The Hall–Kier alpha value is -2.27. The van der Waals surface area contributed by atoms with Crippen molar-refractivity contribution in [3.63, 3.8) is 0 Å².